The van der Waals surface area contributed by atoms with E-state index in [2.05, 4.69) is 0 Å². The summed E-state index contributed by atoms with van der Waals surface area (Å²) in [5.74, 6) is -1.84. The van der Waals surface area contributed by atoms with Gasteiger partial charge < -0.3 is 4.90 Å². The van der Waals surface area contributed by atoms with Gasteiger partial charge in [0.1, 0.15) is 19.5 Å². The van der Waals surface area contributed by atoms with Crippen molar-refractivity contribution in [1.29, 1.82) is 0 Å². The summed E-state index contributed by atoms with van der Waals surface area (Å²) in [6.45, 7) is -0.281. The molecule has 1 amide bonds. The molecule has 0 fully saturated rings. The van der Waals surface area contributed by atoms with Crippen molar-refractivity contribution in [3.05, 3.63) is 89.0 Å². The summed E-state index contributed by atoms with van der Waals surface area (Å²) in [5, 5.41) is 0. The van der Waals surface area contributed by atoms with Crippen molar-refractivity contribution in [3.8, 4) is 0 Å². The Balaban J connectivity index is 1.72. The molecule has 3 aromatic rings. The van der Waals surface area contributed by atoms with E-state index in [4.69, 9.17) is 7.85 Å². The Morgan fingerprint density at radius 3 is 2.52 bits per heavy atom. The maximum atomic E-state index is 14.0. The minimum absolute atomic E-state index is 0.0424. The molecule has 1 heterocycles. The molecule has 9 heteroatoms. The minimum Gasteiger partial charge on any atom is -0.311 e. The van der Waals surface area contributed by atoms with Gasteiger partial charge in [-0.3, -0.25) is 4.79 Å². The van der Waals surface area contributed by atoms with Crippen LogP contribution in [0.15, 0.2) is 65.6 Å². The minimum atomic E-state index is -4.03. The third-order valence-electron chi connectivity index (χ3n) is 5.49. The molecule has 0 N–H and O–H groups in total. The maximum absolute atomic E-state index is 14.0. The van der Waals surface area contributed by atoms with Gasteiger partial charge >= 0.3 is 0 Å². The Morgan fingerprint density at radius 1 is 1.06 bits per heavy atom. The molecule has 5 nitrogen and oxygen atoms in total. The molecule has 166 valence electrons. The molecule has 0 aromatic heterocycles. The van der Waals surface area contributed by atoms with Crippen LogP contribution in [0.1, 0.15) is 16.7 Å². The first-order chi connectivity index (χ1) is 15.6. The normalized spacial score (nSPS) is 14.9. The predicted molar refractivity (Wildman–Crippen MR) is 125 cm³/mol. The standard InChI is InChI=1S/C24H19BF2N2O3S/c1-28(14-16-6-7-18(26)12-22(16)27)33(31,32)19-8-9-23-20(13-19)21(24(30)29(23)2)11-15-4-3-5-17(25)10-15/h3-13H,14H2,1-2H3/b21-11+. The first-order valence-corrected chi connectivity index (χ1v) is 11.4. The Kier molecular flexibility index (Phi) is 5.94. The molecule has 0 spiro atoms. The SMILES string of the molecule is [B]c1cccc(/C=C2/C(=O)N(C)c3ccc(S(=O)(=O)N(C)Cc4ccc(F)cc4F)cc32)c1. The second-order valence-electron chi connectivity index (χ2n) is 7.77. The number of hydrogen-bond donors (Lipinski definition) is 0. The molecule has 0 aliphatic carbocycles. The molecule has 33 heavy (non-hydrogen) atoms. The molecule has 0 bridgehead atoms. The molecule has 0 saturated heterocycles. The van der Waals surface area contributed by atoms with Crippen molar-refractivity contribution in [2.24, 2.45) is 0 Å². The summed E-state index contributed by atoms with van der Waals surface area (Å²) in [4.78, 5) is 14.2. The van der Waals surface area contributed by atoms with E-state index >= 15 is 0 Å². The van der Waals surface area contributed by atoms with E-state index in [1.165, 1.54) is 30.1 Å². The average Bonchev–Trinajstić information content (AvgIpc) is 3.00. The number of rotatable bonds is 5. The highest BCUT2D eigenvalue weighted by Gasteiger charge is 2.32. The average molecular weight is 464 g/mol. The highest BCUT2D eigenvalue weighted by atomic mass is 32.2. The molecule has 0 atom stereocenters. The zero-order valence-electron chi connectivity index (χ0n) is 17.9. The Bertz CT molecular complexity index is 1410. The summed E-state index contributed by atoms with van der Waals surface area (Å²) in [7, 11) is 4.72. The highest BCUT2D eigenvalue weighted by molar-refractivity contribution is 7.89. The van der Waals surface area contributed by atoms with Crippen LogP contribution in [0.3, 0.4) is 0 Å². The topological polar surface area (TPSA) is 57.7 Å². The van der Waals surface area contributed by atoms with Crippen molar-refractivity contribution in [1.82, 2.24) is 4.31 Å². The third-order valence-corrected chi connectivity index (χ3v) is 7.29. The summed E-state index contributed by atoms with van der Waals surface area (Å²) >= 11 is 0. The summed E-state index contributed by atoms with van der Waals surface area (Å²) in [6, 6.07) is 14.4. The molecule has 1 aliphatic heterocycles. The van der Waals surface area contributed by atoms with E-state index in [1.807, 2.05) is 0 Å². The van der Waals surface area contributed by atoms with Crippen LogP contribution in [0, 0.1) is 11.6 Å². The van der Waals surface area contributed by atoms with E-state index < -0.39 is 21.7 Å². The highest BCUT2D eigenvalue weighted by Crippen LogP contribution is 2.38. The van der Waals surface area contributed by atoms with Gasteiger partial charge in [-0.15, -0.1) is 0 Å². The molecule has 0 unspecified atom stereocenters. The number of amides is 1. The Morgan fingerprint density at radius 2 is 1.82 bits per heavy atom. The number of hydrogen-bond acceptors (Lipinski definition) is 3. The number of carbonyl (C=O) groups excluding carboxylic acids is 1. The van der Waals surface area contributed by atoms with Gasteiger partial charge in [0, 0.05) is 43.4 Å². The lowest BCUT2D eigenvalue weighted by molar-refractivity contribution is -0.112. The van der Waals surface area contributed by atoms with Crippen molar-refractivity contribution in [2.45, 2.75) is 11.4 Å². The largest absolute Gasteiger partial charge is 0.311 e. The number of anilines is 1. The lowest BCUT2D eigenvalue weighted by Crippen LogP contribution is -2.27. The molecule has 3 aromatic carbocycles. The fourth-order valence-corrected chi connectivity index (χ4v) is 4.87. The van der Waals surface area contributed by atoms with Gasteiger partial charge in [-0.2, -0.15) is 4.31 Å². The van der Waals surface area contributed by atoms with E-state index in [9.17, 15) is 22.0 Å². The van der Waals surface area contributed by atoms with Crippen LogP contribution in [0.2, 0.25) is 0 Å². The quantitative estimate of drug-likeness (QED) is 0.431. The Hall–Kier alpha value is -3.30. The molecule has 4 rings (SSSR count). The van der Waals surface area contributed by atoms with Crippen molar-refractivity contribution in [2.75, 3.05) is 19.0 Å². The summed E-state index contributed by atoms with van der Waals surface area (Å²) in [6.07, 6.45) is 1.66. The van der Waals surface area contributed by atoms with Crippen molar-refractivity contribution in [3.63, 3.8) is 0 Å². The van der Waals surface area contributed by atoms with Gasteiger partial charge in [0.05, 0.1) is 10.6 Å². The summed E-state index contributed by atoms with van der Waals surface area (Å²) in [5.41, 5.74) is 2.66. The van der Waals surface area contributed by atoms with E-state index in [1.54, 1.807) is 43.5 Å². The van der Waals surface area contributed by atoms with Gasteiger partial charge in [0.25, 0.3) is 5.91 Å². The molecular formula is C24H19BF2N2O3S. The number of benzene rings is 3. The summed E-state index contributed by atoms with van der Waals surface area (Å²) < 4.78 is 54.6. The van der Waals surface area contributed by atoms with Crippen LogP contribution >= 0.6 is 0 Å². The Labute approximate surface area is 192 Å². The second kappa shape index (κ2) is 8.57. The fraction of sp³-hybridized carbons (Fsp3) is 0.125. The molecule has 0 saturated carbocycles. The van der Waals surface area contributed by atoms with E-state index in [0.29, 0.717) is 33.9 Å². The van der Waals surface area contributed by atoms with E-state index in [-0.39, 0.29) is 22.9 Å². The zero-order chi connectivity index (χ0) is 23.9. The lowest BCUT2D eigenvalue weighted by atomic mass is 9.93. The van der Waals surface area contributed by atoms with Crippen molar-refractivity contribution >= 4 is 46.6 Å². The number of sulfonamides is 1. The van der Waals surface area contributed by atoms with Gasteiger partial charge in [0.15, 0.2) is 0 Å². The van der Waals surface area contributed by atoms with Crippen LogP contribution in [0.25, 0.3) is 11.6 Å². The van der Waals surface area contributed by atoms with Crippen LogP contribution in [-0.2, 0) is 21.4 Å². The molecule has 2 radical (unpaired) electrons. The number of carbonyl (C=O) groups is 1. The first-order valence-electron chi connectivity index (χ1n) is 9.98. The smallest absolute Gasteiger partial charge is 0.258 e. The first kappa shape index (κ1) is 22.9. The number of likely N-dealkylation sites (N-methyl/N-ethyl adjacent to an activating group) is 1. The van der Waals surface area contributed by atoms with Crippen LogP contribution < -0.4 is 10.4 Å². The number of nitrogens with zero attached hydrogens (tertiary/aromatic N) is 2. The second-order valence-corrected chi connectivity index (χ2v) is 9.81. The molecule has 1 aliphatic rings. The van der Waals surface area contributed by atoms with Gasteiger partial charge in [-0.05, 0) is 35.9 Å². The van der Waals surface area contributed by atoms with Gasteiger partial charge in [-0.25, -0.2) is 17.2 Å². The third kappa shape index (κ3) is 4.34. The zero-order valence-corrected chi connectivity index (χ0v) is 18.7. The van der Waals surface area contributed by atoms with Gasteiger partial charge in [-0.1, -0.05) is 35.8 Å². The van der Waals surface area contributed by atoms with E-state index in [0.717, 1.165) is 10.4 Å². The van der Waals surface area contributed by atoms with Crippen LogP contribution in [0.4, 0.5) is 14.5 Å². The van der Waals surface area contributed by atoms with Crippen LogP contribution in [-0.4, -0.2) is 40.6 Å². The van der Waals surface area contributed by atoms with Gasteiger partial charge in [0.2, 0.25) is 10.0 Å². The fourth-order valence-electron chi connectivity index (χ4n) is 3.70. The van der Waals surface area contributed by atoms with Crippen LogP contribution in [0.5, 0.6) is 0 Å². The lowest BCUT2D eigenvalue weighted by Gasteiger charge is -2.18. The van der Waals surface area contributed by atoms with Crippen molar-refractivity contribution < 1.29 is 22.0 Å². The molecular weight excluding hydrogens is 445 g/mol. The monoisotopic (exact) mass is 464 g/mol. The predicted octanol–water partition coefficient (Wildman–Crippen LogP) is 3.10. The maximum Gasteiger partial charge on any atom is 0.258 e. The number of halogens is 2. The number of fused-ring (bicyclic) bond motifs is 1.